The topological polar surface area (TPSA) is 84.6 Å². The van der Waals surface area contributed by atoms with Crippen LogP contribution in [-0.4, -0.2) is 55.7 Å². The third-order valence-electron chi connectivity index (χ3n) is 4.43. The smallest absolute Gasteiger partial charge is 0.241 e. The monoisotopic (exact) mass is 357 g/mol. The first-order valence-electron chi connectivity index (χ1n) is 7.90. The Labute approximate surface area is 144 Å². The van der Waals surface area contributed by atoms with Gasteiger partial charge in [0.15, 0.2) is 5.15 Å². The summed E-state index contributed by atoms with van der Waals surface area (Å²) in [5.74, 6) is 0.252. The number of anilines is 1. The molecule has 0 saturated carbocycles. The van der Waals surface area contributed by atoms with Crippen LogP contribution < -0.4 is 5.32 Å². The number of nitrogens with zero attached hydrogens (tertiary/aromatic N) is 4. The number of hydrogen-bond donors (Lipinski definition) is 2. The van der Waals surface area contributed by atoms with Crippen LogP contribution in [0.1, 0.15) is 38.9 Å². The molecule has 3 atom stereocenters. The summed E-state index contributed by atoms with van der Waals surface area (Å²) in [7, 11) is 0. The maximum Gasteiger partial charge on any atom is 0.241 e. The van der Waals surface area contributed by atoms with Crippen LogP contribution in [0.3, 0.4) is 0 Å². The Morgan fingerprint density at radius 1 is 1.54 bits per heavy atom. The molecule has 0 spiro atoms. The fourth-order valence-corrected chi connectivity index (χ4v) is 2.80. The van der Waals surface area contributed by atoms with E-state index in [0.717, 1.165) is 0 Å². The van der Waals surface area contributed by atoms with Crippen LogP contribution in [-0.2, 0) is 4.74 Å². The summed E-state index contributed by atoms with van der Waals surface area (Å²) in [4.78, 5) is 8.47. The fraction of sp³-hybridized carbons (Fsp3) is 0.667. The predicted molar refractivity (Wildman–Crippen MR) is 88.2 cm³/mol. The molecule has 1 fully saturated rings. The summed E-state index contributed by atoms with van der Waals surface area (Å²) in [6, 6.07) is -0.200. The Bertz CT molecular complexity index is 732. The van der Waals surface area contributed by atoms with Gasteiger partial charge in [-0.25, -0.2) is 18.9 Å². The molecule has 132 valence electrons. The van der Waals surface area contributed by atoms with Crippen LogP contribution in [0, 0.1) is 0 Å². The highest BCUT2D eigenvalue weighted by molar-refractivity contribution is 6.32. The highest BCUT2D eigenvalue weighted by Crippen LogP contribution is 2.32. The van der Waals surface area contributed by atoms with Crippen LogP contribution >= 0.6 is 11.6 Å². The minimum atomic E-state index is -1.47. The van der Waals surface area contributed by atoms with Gasteiger partial charge in [0.05, 0.1) is 24.9 Å². The van der Waals surface area contributed by atoms with Gasteiger partial charge in [-0.2, -0.15) is 0 Å². The van der Waals surface area contributed by atoms with Crippen molar-refractivity contribution in [2.24, 2.45) is 0 Å². The minimum Gasteiger partial charge on any atom is -0.389 e. The number of rotatable bonds is 4. The van der Waals surface area contributed by atoms with Crippen molar-refractivity contribution in [3.05, 3.63) is 17.2 Å². The number of halogens is 2. The number of nitrogens with one attached hydrogen (secondary N) is 1. The molecule has 7 nitrogen and oxygen atoms in total. The molecule has 0 aliphatic carbocycles. The van der Waals surface area contributed by atoms with E-state index >= 15 is 0 Å². The van der Waals surface area contributed by atoms with E-state index < -0.39 is 17.7 Å². The first-order valence-corrected chi connectivity index (χ1v) is 8.27. The molecular weight excluding hydrogens is 337 g/mol. The Balaban J connectivity index is 1.94. The van der Waals surface area contributed by atoms with Crippen molar-refractivity contribution in [3.63, 3.8) is 0 Å². The number of ether oxygens (including phenoxy) is 1. The molecule has 1 saturated heterocycles. The largest absolute Gasteiger partial charge is 0.389 e. The van der Waals surface area contributed by atoms with Crippen molar-refractivity contribution in [1.29, 1.82) is 0 Å². The van der Waals surface area contributed by atoms with Crippen molar-refractivity contribution in [3.8, 4) is 0 Å². The Morgan fingerprint density at radius 3 is 2.96 bits per heavy atom. The van der Waals surface area contributed by atoms with Gasteiger partial charge in [0.1, 0.15) is 17.0 Å². The molecule has 1 aliphatic heterocycles. The maximum atomic E-state index is 14.3. The Morgan fingerprint density at radius 2 is 2.29 bits per heavy atom. The van der Waals surface area contributed by atoms with E-state index in [4.69, 9.17) is 16.3 Å². The number of aromatic nitrogens is 4. The molecule has 3 rings (SSSR count). The van der Waals surface area contributed by atoms with Crippen molar-refractivity contribution >= 4 is 23.1 Å². The van der Waals surface area contributed by atoms with Gasteiger partial charge < -0.3 is 15.2 Å². The molecule has 9 heteroatoms. The molecule has 0 amide bonds. The second-order valence-corrected chi connectivity index (χ2v) is 6.97. The summed E-state index contributed by atoms with van der Waals surface area (Å²) < 4.78 is 21.0. The Kier molecular flexibility index (Phi) is 4.63. The second kappa shape index (κ2) is 6.42. The normalized spacial score (nSPS) is 23.4. The minimum absolute atomic E-state index is 0.200. The van der Waals surface area contributed by atoms with Gasteiger partial charge in [0, 0.05) is 12.5 Å². The Hall–Kier alpha value is -1.51. The number of fused-ring (bicyclic) bond motifs is 1. The first-order chi connectivity index (χ1) is 11.3. The quantitative estimate of drug-likeness (QED) is 0.872. The zero-order valence-electron chi connectivity index (χ0n) is 13.8. The predicted octanol–water partition coefficient (Wildman–Crippen LogP) is 2.19. The van der Waals surface area contributed by atoms with E-state index in [9.17, 15) is 9.50 Å². The molecule has 0 radical (unpaired) electrons. The lowest BCUT2D eigenvalue weighted by Gasteiger charge is -2.28. The summed E-state index contributed by atoms with van der Waals surface area (Å²) in [6.45, 7) is 5.56. The fourth-order valence-electron chi connectivity index (χ4n) is 2.58. The van der Waals surface area contributed by atoms with Crippen molar-refractivity contribution in [2.45, 2.75) is 50.9 Å². The molecule has 3 heterocycles. The van der Waals surface area contributed by atoms with Crippen LogP contribution in [0.4, 0.5) is 10.3 Å². The van der Waals surface area contributed by atoms with Gasteiger partial charge in [-0.15, -0.1) is 5.10 Å². The van der Waals surface area contributed by atoms with E-state index in [0.29, 0.717) is 30.3 Å². The van der Waals surface area contributed by atoms with Crippen molar-refractivity contribution in [1.82, 2.24) is 19.6 Å². The number of imidazole rings is 1. The molecule has 1 unspecified atom stereocenters. The molecule has 1 aliphatic rings. The molecule has 0 bridgehead atoms. The zero-order valence-corrected chi connectivity index (χ0v) is 14.6. The zero-order chi connectivity index (χ0) is 17.5. The van der Waals surface area contributed by atoms with E-state index in [1.54, 1.807) is 6.92 Å². The average molecular weight is 358 g/mol. The van der Waals surface area contributed by atoms with Crippen LogP contribution in [0.15, 0.2) is 6.20 Å². The maximum absolute atomic E-state index is 14.3. The molecule has 2 aromatic rings. The van der Waals surface area contributed by atoms with Gasteiger partial charge in [-0.05, 0) is 20.3 Å². The third kappa shape index (κ3) is 3.31. The molecular formula is C15H21ClFN5O2. The van der Waals surface area contributed by atoms with Crippen LogP contribution in [0.5, 0.6) is 0 Å². The summed E-state index contributed by atoms with van der Waals surface area (Å²) in [5, 5.41) is 17.7. The van der Waals surface area contributed by atoms with Crippen molar-refractivity contribution < 1.29 is 14.2 Å². The highest BCUT2D eigenvalue weighted by Gasteiger charge is 2.31. The van der Waals surface area contributed by atoms with Gasteiger partial charge in [-0.3, -0.25) is 0 Å². The van der Waals surface area contributed by atoms with Gasteiger partial charge >= 0.3 is 0 Å². The number of aliphatic hydroxyl groups is 1. The number of aliphatic hydroxyl groups excluding tert-OH is 1. The number of alkyl halides is 1. The lowest BCUT2D eigenvalue weighted by molar-refractivity contribution is -0.0136. The van der Waals surface area contributed by atoms with Crippen LogP contribution in [0.2, 0.25) is 5.15 Å². The van der Waals surface area contributed by atoms with Gasteiger partial charge in [0.25, 0.3) is 0 Å². The lowest BCUT2D eigenvalue weighted by Crippen LogP contribution is -2.42. The SMILES string of the molecule is CC(c1nc(Cl)c2cnc(N[C@H]3CCOC[C@H]3O)nn12)C(C)(C)F. The molecule has 0 aromatic carbocycles. The lowest BCUT2D eigenvalue weighted by atomic mass is 9.94. The third-order valence-corrected chi connectivity index (χ3v) is 4.71. The van der Waals surface area contributed by atoms with Gasteiger partial charge in [0.2, 0.25) is 5.95 Å². The second-order valence-electron chi connectivity index (χ2n) is 6.61. The van der Waals surface area contributed by atoms with Gasteiger partial charge in [-0.1, -0.05) is 18.5 Å². The van der Waals surface area contributed by atoms with E-state index in [-0.39, 0.29) is 17.8 Å². The van der Waals surface area contributed by atoms with E-state index in [1.165, 1.54) is 24.6 Å². The van der Waals surface area contributed by atoms with E-state index in [2.05, 4.69) is 20.4 Å². The first kappa shape index (κ1) is 17.3. The molecule has 2 aromatic heterocycles. The summed E-state index contributed by atoms with van der Waals surface area (Å²) >= 11 is 6.13. The van der Waals surface area contributed by atoms with E-state index in [1.807, 2.05) is 0 Å². The molecule has 2 N–H and O–H groups in total. The van der Waals surface area contributed by atoms with Crippen molar-refractivity contribution in [2.75, 3.05) is 18.5 Å². The highest BCUT2D eigenvalue weighted by atomic mass is 35.5. The molecule has 24 heavy (non-hydrogen) atoms. The summed E-state index contributed by atoms with van der Waals surface area (Å²) in [6.07, 6.45) is 1.55. The van der Waals surface area contributed by atoms with Crippen LogP contribution in [0.25, 0.3) is 5.52 Å². The standard InChI is InChI=1S/C15H21ClFN5O2/c1-8(15(2,3)17)13-20-12(16)10-6-18-14(21-22(10)13)19-9-4-5-24-7-11(9)23/h6,8-9,11,23H,4-5,7H2,1-3H3,(H,19,21)/t8?,9-,11+/m0/s1. The summed E-state index contributed by atoms with van der Waals surface area (Å²) in [5.41, 5.74) is -0.957. The number of hydrogen-bond acceptors (Lipinski definition) is 6. The average Bonchev–Trinajstić information content (AvgIpc) is 2.84.